The van der Waals surface area contributed by atoms with Gasteiger partial charge in [-0.3, -0.25) is 4.79 Å². The monoisotopic (exact) mass is 137 g/mol. The van der Waals surface area contributed by atoms with Crippen molar-refractivity contribution in [3.8, 4) is 0 Å². The van der Waals surface area contributed by atoms with Crippen molar-refractivity contribution in [3.05, 3.63) is 24.8 Å². The number of rotatable bonds is 2. The standard InChI is InChI=1S/C6H7N3O/c7-6(10)1-3-9-4-2-8-5-9/h1-5H,(H2,7,10). The van der Waals surface area contributed by atoms with E-state index >= 15 is 0 Å². The summed E-state index contributed by atoms with van der Waals surface area (Å²) in [7, 11) is 0. The fraction of sp³-hybridized carbons (Fsp3) is 0. The quantitative estimate of drug-likeness (QED) is 0.575. The Kier molecular flexibility index (Phi) is 1.84. The Balaban J connectivity index is 2.64. The predicted octanol–water partition coefficient (Wildman–Crippen LogP) is -0.161. The lowest BCUT2D eigenvalue weighted by atomic mass is 10.6. The fourth-order valence-electron chi connectivity index (χ4n) is 0.517. The minimum atomic E-state index is -0.464. The van der Waals surface area contributed by atoms with Gasteiger partial charge in [0.25, 0.3) is 0 Å². The molecule has 0 spiro atoms. The minimum absolute atomic E-state index is 0.464. The summed E-state index contributed by atoms with van der Waals surface area (Å²) < 4.78 is 1.63. The van der Waals surface area contributed by atoms with Crippen LogP contribution in [-0.2, 0) is 4.79 Å². The Hall–Kier alpha value is -1.58. The molecule has 0 saturated heterocycles. The fourth-order valence-corrected chi connectivity index (χ4v) is 0.517. The molecule has 4 nitrogen and oxygen atoms in total. The van der Waals surface area contributed by atoms with E-state index in [0.29, 0.717) is 0 Å². The van der Waals surface area contributed by atoms with E-state index in [-0.39, 0.29) is 0 Å². The maximum atomic E-state index is 10.2. The number of carbonyl (C=O) groups is 1. The maximum Gasteiger partial charge on any atom is 0.242 e. The second-order valence-corrected chi connectivity index (χ2v) is 1.73. The largest absolute Gasteiger partial charge is 0.366 e. The van der Waals surface area contributed by atoms with Crippen LogP contribution in [0.1, 0.15) is 0 Å². The third-order valence-electron chi connectivity index (χ3n) is 0.936. The maximum absolute atomic E-state index is 10.2. The number of hydrogen-bond acceptors (Lipinski definition) is 2. The molecule has 2 N–H and O–H groups in total. The number of nitrogens with two attached hydrogens (primary N) is 1. The number of amides is 1. The molecule has 1 heterocycles. The van der Waals surface area contributed by atoms with Crippen molar-refractivity contribution < 1.29 is 4.79 Å². The molecule has 10 heavy (non-hydrogen) atoms. The highest BCUT2D eigenvalue weighted by molar-refractivity contribution is 5.88. The van der Waals surface area contributed by atoms with Gasteiger partial charge in [0.05, 0.1) is 6.33 Å². The molecular weight excluding hydrogens is 130 g/mol. The van der Waals surface area contributed by atoms with Gasteiger partial charge in [0, 0.05) is 24.7 Å². The van der Waals surface area contributed by atoms with Gasteiger partial charge >= 0.3 is 0 Å². The molecule has 0 atom stereocenters. The number of hydrogen-bond donors (Lipinski definition) is 1. The van der Waals surface area contributed by atoms with Gasteiger partial charge in [-0.25, -0.2) is 4.98 Å². The molecule has 4 heteroatoms. The highest BCUT2D eigenvalue weighted by Crippen LogP contribution is 1.85. The molecule has 0 unspecified atom stereocenters. The summed E-state index contributed by atoms with van der Waals surface area (Å²) in [5, 5.41) is 0. The summed E-state index contributed by atoms with van der Waals surface area (Å²) in [5.74, 6) is -0.464. The van der Waals surface area contributed by atoms with Crippen LogP contribution in [0.4, 0.5) is 0 Å². The Morgan fingerprint density at radius 3 is 3.00 bits per heavy atom. The number of aromatic nitrogens is 2. The van der Waals surface area contributed by atoms with Crippen LogP contribution in [0.5, 0.6) is 0 Å². The van der Waals surface area contributed by atoms with Gasteiger partial charge in [-0.05, 0) is 0 Å². The number of nitrogens with zero attached hydrogens (tertiary/aromatic N) is 2. The second kappa shape index (κ2) is 2.82. The van der Waals surface area contributed by atoms with Gasteiger partial charge in [-0.2, -0.15) is 0 Å². The number of primary amides is 1. The topological polar surface area (TPSA) is 60.9 Å². The zero-order valence-corrected chi connectivity index (χ0v) is 5.27. The molecule has 0 bridgehead atoms. The van der Waals surface area contributed by atoms with Crippen LogP contribution in [-0.4, -0.2) is 15.5 Å². The third kappa shape index (κ3) is 1.74. The predicted molar refractivity (Wildman–Crippen MR) is 36.8 cm³/mol. The minimum Gasteiger partial charge on any atom is -0.366 e. The highest BCUT2D eigenvalue weighted by atomic mass is 16.1. The van der Waals surface area contributed by atoms with Crippen molar-refractivity contribution >= 4 is 12.1 Å². The highest BCUT2D eigenvalue weighted by Gasteiger charge is 1.82. The van der Waals surface area contributed by atoms with Crippen LogP contribution in [0.15, 0.2) is 24.8 Å². The lowest BCUT2D eigenvalue weighted by Gasteiger charge is -1.85. The van der Waals surface area contributed by atoms with Crippen LogP contribution < -0.4 is 5.73 Å². The first-order chi connectivity index (χ1) is 4.79. The van der Waals surface area contributed by atoms with E-state index in [1.165, 1.54) is 12.3 Å². The average Bonchev–Trinajstić information content (AvgIpc) is 2.34. The Labute approximate surface area is 58.0 Å². The summed E-state index contributed by atoms with van der Waals surface area (Å²) in [6, 6.07) is 0. The van der Waals surface area contributed by atoms with E-state index in [9.17, 15) is 4.79 Å². The second-order valence-electron chi connectivity index (χ2n) is 1.73. The molecular formula is C6H7N3O. The van der Waals surface area contributed by atoms with Crippen LogP contribution in [0.2, 0.25) is 0 Å². The van der Waals surface area contributed by atoms with Crippen LogP contribution in [0.3, 0.4) is 0 Å². The Bertz CT molecular complexity index is 238. The summed E-state index contributed by atoms with van der Waals surface area (Å²) >= 11 is 0. The van der Waals surface area contributed by atoms with Crippen LogP contribution >= 0.6 is 0 Å². The molecule has 0 radical (unpaired) electrons. The first-order valence-electron chi connectivity index (χ1n) is 2.74. The van der Waals surface area contributed by atoms with Crippen LogP contribution in [0.25, 0.3) is 6.20 Å². The molecule has 0 aliphatic carbocycles. The average molecular weight is 137 g/mol. The van der Waals surface area contributed by atoms with Crippen molar-refractivity contribution in [2.24, 2.45) is 5.73 Å². The number of carbonyl (C=O) groups excluding carboxylic acids is 1. The number of imidazole rings is 1. The van der Waals surface area contributed by atoms with Gasteiger partial charge in [-0.1, -0.05) is 0 Å². The van der Waals surface area contributed by atoms with E-state index in [1.54, 1.807) is 23.3 Å². The van der Waals surface area contributed by atoms with Crippen molar-refractivity contribution in [3.63, 3.8) is 0 Å². The first kappa shape index (κ1) is 6.54. The molecule has 0 aliphatic heterocycles. The van der Waals surface area contributed by atoms with Gasteiger partial charge in [0.15, 0.2) is 0 Å². The summed E-state index contributed by atoms with van der Waals surface area (Å²) in [6.07, 6.45) is 7.70. The zero-order valence-electron chi connectivity index (χ0n) is 5.27. The molecule has 1 aromatic heterocycles. The normalized spacial score (nSPS) is 10.4. The lowest BCUT2D eigenvalue weighted by molar-refractivity contribution is -0.113. The smallest absolute Gasteiger partial charge is 0.242 e. The van der Waals surface area contributed by atoms with Crippen molar-refractivity contribution in [2.75, 3.05) is 0 Å². The molecule has 1 amide bonds. The molecule has 1 rings (SSSR count). The van der Waals surface area contributed by atoms with E-state index in [4.69, 9.17) is 5.73 Å². The van der Waals surface area contributed by atoms with Crippen molar-refractivity contribution in [1.82, 2.24) is 9.55 Å². The molecule has 0 aromatic carbocycles. The van der Waals surface area contributed by atoms with Gasteiger partial charge in [-0.15, -0.1) is 0 Å². The van der Waals surface area contributed by atoms with Crippen LogP contribution in [0, 0.1) is 0 Å². The van der Waals surface area contributed by atoms with Crippen molar-refractivity contribution in [2.45, 2.75) is 0 Å². The van der Waals surface area contributed by atoms with Gasteiger partial charge in [0.1, 0.15) is 0 Å². The van der Waals surface area contributed by atoms with E-state index in [0.717, 1.165) is 0 Å². The van der Waals surface area contributed by atoms with Gasteiger partial charge in [0.2, 0.25) is 5.91 Å². The first-order valence-corrected chi connectivity index (χ1v) is 2.74. The van der Waals surface area contributed by atoms with Gasteiger partial charge < -0.3 is 10.3 Å². The zero-order chi connectivity index (χ0) is 7.40. The molecule has 52 valence electrons. The summed E-state index contributed by atoms with van der Waals surface area (Å²) in [5.41, 5.74) is 4.85. The lowest BCUT2D eigenvalue weighted by Crippen LogP contribution is -2.05. The van der Waals surface area contributed by atoms with E-state index in [1.807, 2.05) is 0 Å². The summed E-state index contributed by atoms with van der Waals surface area (Å²) in [4.78, 5) is 14.0. The molecule has 1 aromatic rings. The SMILES string of the molecule is NC(=O)C=Cn1ccnc1. The molecule has 0 saturated carbocycles. The molecule has 0 fully saturated rings. The molecule has 0 aliphatic rings. The van der Waals surface area contributed by atoms with E-state index in [2.05, 4.69) is 4.98 Å². The van der Waals surface area contributed by atoms with E-state index < -0.39 is 5.91 Å². The third-order valence-corrected chi connectivity index (χ3v) is 0.936. The summed E-state index contributed by atoms with van der Waals surface area (Å²) in [6.45, 7) is 0. The van der Waals surface area contributed by atoms with Crippen molar-refractivity contribution in [1.29, 1.82) is 0 Å². The Morgan fingerprint density at radius 1 is 1.70 bits per heavy atom. The Morgan fingerprint density at radius 2 is 2.50 bits per heavy atom.